The number of aliphatic hydroxyl groups excluding tert-OH is 16. The second-order valence-corrected chi connectivity index (χ2v) is 27.7. The van der Waals surface area contributed by atoms with Gasteiger partial charge in [-0.15, -0.1) is 0 Å². The van der Waals surface area contributed by atoms with E-state index in [4.69, 9.17) is 61.6 Å². The predicted octanol–water partition coefficient (Wildman–Crippen LogP) is -6.16. The van der Waals surface area contributed by atoms with Gasteiger partial charge in [0.2, 0.25) is 0 Å². The third-order valence-corrected chi connectivity index (χ3v) is 22.9. The Morgan fingerprint density at radius 1 is 0.511 bits per heavy atom. The van der Waals surface area contributed by atoms with E-state index in [1.807, 2.05) is 20.8 Å². The normalized spacial score (nSPS) is 54.8. The molecule has 9 fully saturated rings. The number of aliphatic hydroxyl groups is 16. The van der Waals surface area contributed by atoms with Gasteiger partial charge in [-0.3, -0.25) is 9.59 Å². The van der Waals surface area contributed by atoms with Crippen LogP contribution in [-0.4, -0.2) is 311 Å². The SMILES string of the molecule is C[C@H]1O[C@H](O[C@@H]2[C@@H](O[C@@H]3[C@H](OC[C@@H]4O[C@@H](O[C@@H]5CC[C@]6(C)C7=C(CC[C@H]6[C@@]5(C)CO)[C@@]5(C)C(=O)C[C@@]6(OC(=O)C[C@@H]6C)[C@]5(C)CC7)[C@H](O)[C@@H](O)[C@@H]4O)OC[C@H](O)[C@@H]3O)O[C@@H](CO)[C@H](O)[C@H]2O[C@@H]2OC[C@@H](O)[C@H](O)[C@H]2O[C@@H]2O[C@H](CO)[C@H](O)[C@@H]2O)[C@H](O)[C@H](O)[C@H]1O. The van der Waals surface area contributed by atoms with E-state index in [1.54, 1.807) is 0 Å². The lowest BCUT2D eigenvalue weighted by Crippen LogP contribution is -2.68. The van der Waals surface area contributed by atoms with Crippen molar-refractivity contribution >= 4 is 11.8 Å². The molecule has 514 valence electrons. The number of rotatable bonds is 16. The summed E-state index contributed by atoms with van der Waals surface area (Å²) in [5.74, 6) is -0.610. The molecule has 4 aliphatic carbocycles. The third kappa shape index (κ3) is 11.2. The van der Waals surface area contributed by atoms with Gasteiger partial charge in [-0.1, -0.05) is 38.8 Å². The molecule has 90 heavy (non-hydrogen) atoms. The van der Waals surface area contributed by atoms with Crippen LogP contribution >= 0.6 is 0 Å². The van der Waals surface area contributed by atoms with E-state index in [0.717, 1.165) is 11.1 Å². The van der Waals surface area contributed by atoms with Crippen LogP contribution in [0.15, 0.2) is 11.1 Å². The fraction of sp³-hybridized carbons (Fsp3) is 0.932. The minimum Gasteiger partial charge on any atom is -0.458 e. The van der Waals surface area contributed by atoms with Gasteiger partial charge in [0.15, 0.2) is 37.7 Å². The molecule has 0 aromatic rings. The van der Waals surface area contributed by atoms with Crippen molar-refractivity contribution in [3.8, 4) is 0 Å². The van der Waals surface area contributed by atoms with Gasteiger partial charge in [0.25, 0.3) is 0 Å². The molecule has 0 bridgehead atoms. The van der Waals surface area contributed by atoms with Crippen LogP contribution in [0, 0.1) is 33.5 Å². The number of ketones is 1. The van der Waals surface area contributed by atoms with Gasteiger partial charge >= 0.3 is 5.97 Å². The number of hydrogen-bond donors (Lipinski definition) is 16. The van der Waals surface area contributed by atoms with Gasteiger partial charge in [0.1, 0.15) is 133 Å². The lowest BCUT2D eigenvalue weighted by atomic mass is 9.42. The molecule has 7 saturated heterocycles. The Kier molecular flexibility index (Phi) is 19.9. The molecule has 0 aromatic carbocycles. The number of fused-ring (bicyclic) bond motifs is 5. The van der Waals surface area contributed by atoms with E-state index in [9.17, 15) is 91.3 Å². The average Bonchev–Trinajstić information content (AvgIpc) is 1.43. The van der Waals surface area contributed by atoms with Crippen molar-refractivity contribution in [2.24, 2.45) is 33.5 Å². The van der Waals surface area contributed by atoms with Crippen molar-refractivity contribution in [2.45, 2.75) is 271 Å². The van der Waals surface area contributed by atoms with Crippen LogP contribution in [0.5, 0.6) is 0 Å². The Labute approximate surface area is 518 Å². The second kappa shape index (κ2) is 26.0. The van der Waals surface area contributed by atoms with E-state index in [2.05, 4.69) is 13.8 Å². The van der Waals surface area contributed by atoms with Gasteiger partial charge in [0, 0.05) is 23.2 Å². The molecule has 11 rings (SSSR count). The van der Waals surface area contributed by atoms with Gasteiger partial charge in [-0.25, -0.2) is 0 Å². The molecular weight excluding hydrogens is 1200 g/mol. The second-order valence-electron chi connectivity index (χ2n) is 27.7. The van der Waals surface area contributed by atoms with Crippen LogP contribution in [-0.2, 0) is 71.2 Å². The molecule has 2 saturated carbocycles. The molecule has 7 heterocycles. The van der Waals surface area contributed by atoms with Crippen LogP contribution in [0.25, 0.3) is 0 Å². The van der Waals surface area contributed by atoms with Crippen molar-refractivity contribution < 1.29 is 153 Å². The molecule has 7 aliphatic heterocycles. The number of hydrogen-bond acceptors (Lipinski definition) is 31. The highest BCUT2D eigenvalue weighted by atomic mass is 16.8. The zero-order chi connectivity index (χ0) is 65.2. The fourth-order valence-corrected chi connectivity index (χ4v) is 17.2. The Morgan fingerprint density at radius 3 is 1.67 bits per heavy atom. The lowest BCUT2D eigenvalue weighted by molar-refractivity contribution is -0.407. The number of allylic oxidation sites excluding steroid dienone is 2. The quantitative estimate of drug-likeness (QED) is 0.0505. The van der Waals surface area contributed by atoms with Gasteiger partial charge < -0.3 is 143 Å². The van der Waals surface area contributed by atoms with Crippen LogP contribution in [0.2, 0.25) is 0 Å². The molecule has 1 spiro atoms. The molecule has 35 atom stereocenters. The van der Waals surface area contributed by atoms with Gasteiger partial charge in [-0.05, 0) is 63.7 Å². The monoisotopic (exact) mass is 1300 g/mol. The first-order chi connectivity index (χ1) is 42.4. The summed E-state index contributed by atoms with van der Waals surface area (Å²) in [4.78, 5) is 27.3. The smallest absolute Gasteiger partial charge is 0.306 e. The van der Waals surface area contributed by atoms with Crippen molar-refractivity contribution in [3.05, 3.63) is 11.1 Å². The molecule has 31 nitrogen and oxygen atoms in total. The minimum absolute atomic E-state index is 0.0520. The Bertz CT molecular complexity index is 2590. The molecule has 0 radical (unpaired) electrons. The summed E-state index contributed by atoms with van der Waals surface area (Å²) in [7, 11) is 0. The highest BCUT2D eigenvalue weighted by Gasteiger charge is 2.76. The summed E-state index contributed by atoms with van der Waals surface area (Å²) >= 11 is 0. The van der Waals surface area contributed by atoms with Crippen LogP contribution in [0.3, 0.4) is 0 Å². The third-order valence-electron chi connectivity index (χ3n) is 22.9. The van der Waals surface area contributed by atoms with E-state index in [-0.39, 0.29) is 43.0 Å². The van der Waals surface area contributed by atoms with Gasteiger partial charge in [-0.2, -0.15) is 0 Å². The van der Waals surface area contributed by atoms with E-state index in [0.29, 0.717) is 38.5 Å². The average molecular weight is 1300 g/mol. The maximum Gasteiger partial charge on any atom is 0.306 e. The maximum atomic E-state index is 14.5. The van der Waals surface area contributed by atoms with Crippen LogP contribution < -0.4 is 0 Å². The fourth-order valence-electron chi connectivity index (χ4n) is 17.2. The van der Waals surface area contributed by atoms with Crippen molar-refractivity contribution in [3.63, 3.8) is 0 Å². The summed E-state index contributed by atoms with van der Waals surface area (Å²) in [6, 6.07) is 0. The molecular formula is C59H92O31. The molecule has 16 N–H and O–H groups in total. The first kappa shape index (κ1) is 69.1. The summed E-state index contributed by atoms with van der Waals surface area (Å²) in [6.45, 7) is 7.37. The predicted molar refractivity (Wildman–Crippen MR) is 292 cm³/mol. The molecule has 11 aliphatic rings. The molecule has 0 aromatic heterocycles. The number of esters is 1. The maximum absolute atomic E-state index is 14.5. The Hall–Kier alpha value is -2.24. The number of carbonyl (C=O) groups is 2. The number of carbonyl (C=O) groups excluding carboxylic acids is 2. The first-order valence-electron chi connectivity index (χ1n) is 31.3. The van der Waals surface area contributed by atoms with Crippen molar-refractivity contribution in [2.75, 3.05) is 39.6 Å². The van der Waals surface area contributed by atoms with E-state index >= 15 is 0 Å². The van der Waals surface area contributed by atoms with Crippen molar-refractivity contribution in [1.82, 2.24) is 0 Å². The van der Waals surface area contributed by atoms with Crippen LogP contribution in [0.4, 0.5) is 0 Å². The summed E-state index contributed by atoms with van der Waals surface area (Å²) in [5, 5.41) is 177. The largest absolute Gasteiger partial charge is 0.458 e. The lowest BCUT2D eigenvalue weighted by Gasteiger charge is -2.63. The van der Waals surface area contributed by atoms with E-state index < -0.39 is 232 Å². The highest BCUT2D eigenvalue weighted by molar-refractivity contribution is 5.94. The Morgan fingerprint density at radius 2 is 1.04 bits per heavy atom. The van der Waals surface area contributed by atoms with Crippen LogP contribution in [0.1, 0.15) is 92.9 Å². The summed E-state index contributed by atoms with van der Waals surface area (Å²) in [5.41, 5.74) is -1.73. The topological polar surface area (TPSA) is 478 Å². The molecule has 31 heteroatoms. The number of ether oxygens (including phenoxy) is 13. The number of Topliss-reactive ketones (excluding diaryl/α,β-unsaturated/α-hetero) is 1. The van der Waals surface area contributed by atoms with Gasteiger partial charge in [0.05, 0.1) is 63.7 Å². The molecule has 0 unspecified atom stereocenters. The highest BCUT2D eigenvalue weighted by Crippen LogP contribution is 2.74. The summed E-state index contributed by atoms with van der Waals surface area (Å²) < 4.78 is 78.4. The zero-order valence-electron chi connectivity index (χ0n) is 51.0. The summed E-state index contributed by atoms with van der Waals surface area (Å²) in [6.07, 6.45) is -45.9. The standard InChI is InChI=1S/C59H92O31/c1-21-13-33(66)90-59(21)14-31(65)58(6)24-7-8-30-55(3,23(24)9-12-57(58,59)5)11-10-32(56(30,4)20-62)85-50-44(77)41(74)38(71)29(84-50)19-80-52-46(35(68)25(63)17-78-52)88-54-48(89-49-43(76)40(73)34(67)22(2)81-49)45(39(72)28(16-61)83-54)86-53-47(36(69)26(64)18-79-53)87-51-42(75)37(70)27(15-60)82-51/h21-22,25-30,32,34-54,60-64,67-77H,7-20H2,1-6H3/t21-,22+,25-,26+,27+,28-,29-,30+,32+,34-,35-,36-,37-,38+,39-,40+,41-,42-,43+,44+,45+,46-,47+,48-,49+,50-,51-,52-,53-,54+,55+,56+,57+,58-,59-/m0/s1. The molecule has 0 amide bonds. The zero-order valence-corrected chi connectivity index (χ0v) is 51.0. The van der Waals surface area contributed by atoms with E-state index in [1.165, 1.54) is 6.92 Å². The Balaban J connectivity index is 0.819. The minimum atomic E-state index is -2.07. The first-order valence-corrected chi connectivity index (χ1v) is 31.3. The van der Waals surface area contributed by atoms with Crippen molar-refractivity contribution in [1.29, 1.82) is 0 Å².